The predicted molar refractivity (Wildman–Crippen MR) is 69.7 cm³/mol. The molecule has 100 valence electrons. The summed E-state index contributed by atoms with van der Waals surface area (Å²) in [6.45, 7) is 2.11. The van der Waals surface area contributed by atoms with E-state index in [1.807, 2.05) is 12.1 Å². The fourth-order valence-electron chi connectivity index (χ4n) is 2.74. The number of rotatable bonds is 4. The molecule has 0 amide bonds. The van der Waals surface area contributed by atoms with Crippen LogP contribution in [0.3, 0.4) is 0 Å². The summed E-state index contributed by atoms with van der Waals surface area (Å²) in [5, 5.41) is 0. The van der Waals surface area contributed by atoms with Crippen LogP contribution >= 0.6 is 0 Å². The van der Waals surface area contributed by atoms with Gasteiger partial charge in [-0.2, -0.15) is 0 Å². The highest BCUT2D eigenvalue weighted by atomic mass is 19.3. The van der Waals surface area contributed by atoms with Gasteiger partial charge in [-0.15, -0.1) is 0 Å². The zero-order valence-corrected chi connectivity index (χ0v) is 10.8. The molecule has 1 aromatic carbocycles. The molecule has 0 radical (unpaired) electrons. The van der Waals surface area contributed by atoms with E-state index in [4.69, 9.17) is 5.73 Å². The van der Waals surface area contributed by atoms with Gasteiger partial charge in [0.25, 0.3) is 0 Å². The van der Waals surface area contributed by atoms with Crippen LogP contribution in [-0.2, 0) is 6.42 Å². The van der Waals surface area contributed by atoms with Gasteiger partial charge in [-0.3, -0.25) is 0 Å². The molecule has 18 heavy (non-hydrogen) atoms. The zero-order chi connectivity index (χ0) is 13.2. The highest BCUT2D eigenvalue weighted by molar-refractivity contribution is 5.24. The van der Waals surface area contributed by atoms with Gasteiger partial charge in [0.2, 0.25) is 5.92 Å². The molecule has 3 heteroatoms. The third kappa shape index (κ3) is 3.29. The first-order valence-corrected chi connectivity index (χ1v) is 6.72. The molecule has 2 N–H and O–H groups in total. The number of alkyl halides is 2. The molecule has 0 aromatic heterocycles. The second-order valence-electron chi connectivity index (χ2n) is 5.40. The van der Waals surface area contributed by atoms with Gasteiger partial charge in [-0.25, -0.2) is 8.78 Å². The molecule has 2 rings (SSSR count). The minimum Gasteiger partial charge on any atom is -0.324 e. The summed E-state index contributed by atoms with van der Waals surface area (Å²) in [5.41, 5.74) is 8.44. The minimum atomic E-state index is -2.46. The molecule has 2 unspecified atom stereocenters. The number of hydrogen-bond donors (Lipinski definition) is 1. The van der Waals surface area contributed by atoms with E-state index < -0.39 is 5.92 Å². The van der Waals surface area contributed by atoms with E-state index in [0.29, 0.717) is 12.8 Å². The quantitative estimate of drug-likeness (QED) is 0.859. The number of hydrogen-bond acceptors (Lipinski definition) is 1. The molecular formula is C15H21F2N. The smallest absolute Gasteiger partial charge is 0.248 e. The lowest BCUT2D eigenvalue weighted by Crippen LogP contribution is -2.16. The van der Waals surface area contributed by atoms with Crippen LogP contribution < -0.4 is 5.73 Å². The molecule has 0 spiro atoms. The largest absolute Gasteiger partial charge is 0.324 e. The second kappa shape index (κ2) is 5.35. The summed E-state index contributed by atoms with van der Waals surface area (Å²) in [4.78, 5) is 0. The molecule has 1 nitrogen and oxygen atoms in total. The molecule has 0 heterocycles. The lowest BCUT2D eigenvalue weighted by molar-refractivity contribution is 0.00446. The van der Waals surface area contributed by atoms with Gasteiger partial charge in [0.15, 0.2) is 0 Å². The zero-order valence-electron chi connectivity index (χ0n) is 10.8. The fourth-order valence-corrected chi connectivity index (χ4v) is 2.74. The summed E-state index contributed by atoms with van der Waals surface area (Å²) in [6, 6.07) is 8.07. The van der Waals surface area contributed by atoms with E-state index in [1.54, 1.807) is 0 Å². The van der Waals surface area contributed by atoms with E-state index in [1.165, 1.54) is 5.56 Å². The maximum Gasteiger partial charge on any atom is 0.248 e. The topological polar surface area (TPSA) is 26.0 Å². The molecule has 0 bridgehead atoms. The van der Waals surface area contributed by atoms with Crippen LogP contribution in [0.15, 0.2) is 24.3 Å². The highest BCUT2D eigenvalue weighted by Gasteiger charge is 2.39. The van der Waals surface area contributed by atoms with Crippen LogP contribution in [-0.4, -0.2) is 5.92 Å². The molecule has 1 aromatic rings. The normalized spacial score (nSPS) is 24.1. The van der Waals surface area contributed by atoms with Gasteiger partial charge in [0.05, 0.1) is 0 Å². The van der Waals surface area contributed by atoms with Crippen LogP contribution in [0.2, 0.25) is 0 Å². The van der Waals surface area contributed by atoms with Crippen molar-refractivity contribution in [3.8, 4) is 0 Å². The Morgan fingerprint density at radius 1 is 1.33 bits per heavy atom. The van der Waals surface area contributed by atoms with Crippen molar-refractivity contribution in [1.82, 2.24) is 0 Å². The summed E-state index contributed by atoms with van der Waals surface area (Å²) in [5.74, 6) is -2.39. The van der Waals surface area contributed by atoms with Crippen molar-refractivity contribution >= 4 is 0 Å². The van der Waals surface area contributed by atoms with Crippen LogP contribution in [0.4, 0.5) is 8.78 Å². The van der Waals surface area contributed by atoms with Crippen molar-refractivity contribution in [3.05, 3.63) is 35.4 Å². The Morgan fingerprint density at radius 2 is 2.00 bits per heavy atom. The van der Waals surface area contributed by atoms with Crippen molar-refractivity contribution < 1.29 is 8.78 Å². The van der Waals surface area contributed by atoms with Gasteiger partial charge in [0, 0.05) is 18.9 Å². The van der Waals surface area contributed by atoms with Crippen LogP contribution in [0.25, 0.3) is 0 Å². The average Bonchev–Trinajstić information content (AvgIpc) is 2.68. The Labute approximate surface area is 107 Å². The standard InChI is InChI=1S/C15H21F2N/c1-2-11-3-5-13(6-4-11)14(18)9-12-7-8-15(16,17)10-12/h3-6,12,14H,2,7-10,18H2,1H3. The first kappa shape index (κ1) is 13.5. The van der Waals surface area contributed by atoms with E-state index in [0.717, 1.165) is 12.0 Å². The second-order valence-corrected chi connectivity index (χ2v) is 5.40. The number of halogens is 2. The molecule has 1 aliphatic carbocycles. The Morgan fingerprint density at radius 3 is 2.50 bits per heavy atom. The third-order valence-electron chi connectivity index (χ3n) is 3.91. The van der Waals surface area contributed by atoms with Gasteiger partial charge >= 0.3 is 0 Å². The lowest BCUT2D eigenvalue weighted by Gasteiger charge is -2.17. The Hall–Kier alpha value is -0.960. The van der Waals surface area contributed by atoms with Gasteiger partial charge in [0.1, 0.15) is 0 Å². The SMILES string of the molecule is CCc1ccc(C(N)CC2CCC(F)(F)C2)cc1. The van der Waals surface area contributed by atoms with Crippen LogP contribution in [0.5, 0.6) is 0 Å². The van der Waals surface area contributed by atoms with E-state index in [2.05, 4.69) is 19.1 Å². The average molecular weight is 253 g/mol. The summed E-state index contributed by atoms with van der Waals surface area (Å²) in [7, 11) is 0. The third-order valence-corrected chi connectivity index (χ3v) is 3.91. The van der Waals surface area contributed by atoms with Gasteiger partial charge in [-0.05, 0) is 36.3 Å². The first-order chi connectivity index (χ1) is 8.50. The maximum absolute atomic E-state index is 13.1. The number of nitrogens with two attached hydrogens (primary N) is 1. The number of aryl methyl sites for hydroxylation is 1. The van der Waals surface area contributed by atoms with Gasteiger partial charge in [-0.1, -0.05) is 31.2 Å². The summed E-state index contributed by atoms with van der Waals surface area (Å²) in [6.07, 6.45) is 2.31. The molecule has 1 aliphatic rings. The van der Waals surface area contributed by atoms with Crippen LogP contribution in [0, 0.1) is 5.92 Å². The Bertz CT molecular complexity index is 386. The van der Waals surface area contributed by atoms with E-state index >= 15 is 0 Å². The summed E-state index contributed by atoms with van der Waals surface area (Å²) >= 11 is 0. The summed E-state index contributed by atoms with van der Waals surface area (Å²) < 4.78 is 26.2. The molecule has 1 fully saturated rings. The molecule has 0 aliphatic heterocycles. The van der Waals surface area contributed by atoms with Crippen molar-refractivity contribution in [3.63, 3.8) is 0 Å². The maximum atomic E-state index is 13.1. The minimum absolute atomic E-state index is 0.00768. The Kier molecular flexibility index (Phi) is 4.00. The molecule has 2 atom stereocenters. The molecular weight excluding hydrogens is 232 g/mol. The molecule has 0 saturated heterocycles. The number of benzene rings is 1. The van der Waals surface area contributed by atoms with Crippen molar-refractivity contribution in [2.75, 3.05) is 0 Å². The molecule has 1 saturated carbocycles. The van der Waals surface area contributed by atoms with Crippen molar-refractivity contribution in [2.45, 2.75) is 51.0 Å². The van der Waals surface area contributed by atoms with Gasteiger partial charge < -0.3 is 5.73 Å². The van der Waals surface area contributed by atoms with Crippen molar-refractivity contribution in [1.29, 1.82) is 0 Å². The van der Waals surface area contributed by atoms with Crippen LogP contribution in [0.1, 0.15) is 49.8 Å². The van der Waals surface area contributed by atoms with Crippen molar-refractivity contribution in [2.24, 2.45) is 11.7 Å². The predicted octanol–water partition coefficient (Wildman–Crippen LogP) is 4.07. The first-order valence-electron chi connectivity index (χ1n) is 6.72. The van der Waals surface area contributed by atoms with E-state index in [-0.39, 0.29) is 24.8 Å². The van der Waals surface area contributed by atoms with E-state index in [9.17, 15) is 8.78 Å². The fraction of sp³-hybridized carbons (Fsp3) is 0.600. The monoisotopic (exact) mass is 253 g/mol. The Balaban J connectivity index is 1.93. The highest BCUT2D eigenvalue weighted by Crippen LogP contribution is 2.42. The lowest BCUT2D eigenvalue weighted by atomic mass is 9.93.